The fraction of sp³-hybridized carbons (Fsp3) is 0.381. The van der Waals surface area contributed by atoms with E-state index in [2.05, 4.69) is 5.32 Å². The van der Waals surface area contributed by atoms with Gasteiger partial charge in [0.05, 0.1) is 13.2 Å². The van der Waals surface area contributed by atoms with Gasteiger partial charge in [0.25, 0.3) is 0 Å². The number of carbonyl (C=O) groups is 1. The van der Waals surface area contributed by atoms with Crippen LogP contribution < -0.4 is 20.5 Å². The number of carbonyl (C=O) groups excluding carboxylic acids is 1. The lowest BCUT2D eigenvalue weighted by molar-refractivity contribution is -0.123. The van der Waals surface area contributed by atoms with Crippen LogP contribution in [0.15, 0.2) is 48.5 Å². The van der Waals surface area contributed by atoms with Crippen LogP contribution in [-0.4, -0.2) is 19.1 Å². The number of rotatable bonds is 9. The molecule has 0 heterocycles. The van der Waals surface area contributed by atoms with Gasteiger partial charge in [-0.15, -0.1) is 0 Å². The maximum absolute atomic E-state index is 12.1. The average Bonchev–Trinajstić information content (AvgIpc) is 2.70. The summed E-state index contributed by atoms with van der Waals surface area (Å²) in [6.07, 6.45) is 0.871. The fourth-order valence-corrected chi connectivity index (χ4v) is 2.50. The molecule has 0 saturated heterocycles. The summed E-state index contributed by atoms with van der Waals surface area (Å²) in [5, 5.41) is 2.88. The predicted octanol–water partition coefficient (Wildman–Crippen LogP) is 3.26. The minimum atomic E-state index is -0.490. The number of hydrogen-bond acceptors (Lipinski definition) is 4. The molecule has 140 valence electrons. The third-order valence-corrected chi connectivity index (χ3v) is 4.49. The van der Waals surface area contributed by atoms with Gasteiger partial charge in [-0.2, -0.15) is 0 Å². The minimum absolute atomic E-state index is 0.136. The summed E-state index contributed by atoms with van der Waals surface area (Å²) in [6, 6.07) is 15.1. The lowest BCUT2D eigenvalue weighted by Crippen LogP contribution is -2.44. The summed E-state index contributed by atoms with van der Waals surface area (Å²) in [5.41, 5.74) is 7.97. The average molecular weight is 356 g/mol. The van der Waals surface area contributed by atoms with Gasteiger partial charge in [0.1, 0.15) is 6.61 Å². The molecule has 26 heavy (non-hydrogen) atoms. The molecule has 1 amide bonds. The Hall–Kier alpha value is -2.53. The van der Waals surface area contributed by atoms with E-state index in [4.69, 9.17) is 15.2 Å². The van der Waals surface area contributed by atoms with Crippen LogP contribution in [0.4, 0.5) is 0 Å². The molecule has 0 spiro atoms. The van der Waals surface area contributed by atoms with Crippen molar-refractivity contribution in [3.63, 3.8) is 0 Å². The predicted molar refractivity (Wildman–Crippen MR) is 103 cm³/mol. The molecule has 0 bridgehead atoms. The van der Waals surface area contributed by atoms with Crippen molar-refractivity contribution in [2.75, 3.05) is 7.11 Å². The van der Waals surface area contributed by atoms with E-state index in [1.54, 1.807) is 7.11 Å². The van der Waals surface area contributed by atoms with E-state index >= 15 is 0 Å². The van der Waals surface area contributed by atoms with E-state index in [0.29, 0.717) is 24.7 Å². The van der Waals surface area contributed by atoms with Crippen molar-refractivity contribution < 1.29 is 14.3 Å². The summed E-state index contributed by atoms with van der Waals surface area (Å²) < 4.78 is 11.3. The van der Waals surface area contributed by atoms with Crippen molar-refractivity contribution >= 4 is 5.91 Å². The molecule has 0 aliphatic carbocycles. The third-order valence-electron chi connectivity index (χ3n) is 4.49. The number of ether oxygens (including phenoxy) is 2. The Bertz CT molecular complexity index is 704. The first kappa shape index (κ1) is 19.8. The van der Waals surface area contributed by atoms with Crippen molar-refractivity contribution in [2.45, 2.75) is 39.5 Å². The summed E-state index contributed by atoms with van der Waals surface area (Å²) >= 11 is 0. The lowest BCUT2D eigenvalue weighted by atomic mass is 9.99. The molecule has 3 N–H and O–H groups in total. The topological polar surface area (TPSA) is 73.6 Å². The standard InChI is InChI=1S/C21H28N2O3/c1-4-15(2)20(22)21(24)23-13-17-10-11-18(19(12-17)25-3)26-14-16-8-6-5-7-9-16/h5-12,15,20H,4,13-14,22H2,1-3H3,(H,23,24). The van der Waals surface area contributed by atoms with Gasteiger partial charge in [-0.1, -0.05) is 56.7 Å². The molecule has 0 aliphatic heterocycles. The summed E-state index contributed by atoms with van der Waals surface area (Å²) in [7, 11) is 1.60. The molecule has 2 rings (SSSR count). The van der Waals surface area contributed by atoms with E-state index in [1.807, 2.05) is 62.4 Å². The molecule has 0 aromatic heterocycles. The highest BCUT2D eigenvalue weighted by Gasteiger charge is 2.19. The quantitative estimate of drug-likeness (QED) is 0.723. The van der Waals surface area contributed by atoms with Gasteiger partial charge >= 0.3 is 0 Å². The number of nitrogens with two attached hydrogens (primary N) is 1. The van der Waals surface area contributed by atoms with Crippen LogP contribution in [0.3, 0.4) is 0 Å². The van der Waals surface area contributed by atoms with Gasteiger partial charge in [0.2, 0.25) is 5.91 Å². The highest BCUT2D eigenvalue weighted by molar-refractivity contribution is 5.81. The van der Waals surface area contributed by atoms with Gasteiger partial charge in [-0.25, -0.2) is 0 Å². The van der Waals surface area contributed by atoms with Gasteiger partial charge < -0.3 is 20.5 Å². The minimum Gasteiger partial charge on any atom is -0.493 e. The molecule has 2 aromatic rings. The molecule has 5 nitrogen and oxygen atoms in total. The number of benzene rings is 2. The van der Waals surface area contributed by atoms with E-state index < -0.39 is 6.04 Å². The first-order valence-corrected chi connectivity index (χ1v) is 8.92. The second-order valence-corrected chi connectivity index (χ2v) is 6.39. The molecule has 2 unspecified atom stereocenters. The van der Waals surface area contributed by atoms with E-state index in [9.17, 15) is 4.79 Å². The van der Waals surface area contributed by atoms with Crippen LogP contribution >= 0.6 is 0 Å². The first-order valence-electron chi connectivity index (χ1n) is 8.92. The molecule has 0 aliphatic rings. The number of amides is 1. The number of nitrogens with one attached hydrogen (secondary N) is 1. The van der Waals surface area contributed by atoms with Crippen LogP contribution in [0.2, 0.25) is 0 Å². The van der Waals surface area contributed by atoms with Crippen LogP contribution in [-0.2, 0) is 17.9 Å². The van der Waals surface area contributed by atoms with Crippen molar-refractivity contribution in [1.29, 1.82) is 0 Å². The highest BCUT2D eigenvalue weighted by Crippen LogP contribution is 2.28. The smallest absolute Gasteiger partial charge is 0.237 e. The zero-order valence-corrected chi connectivity index (χ0v) is 15.7. The Labute approximate surface area is 155 Å². The van der Waals surface area contributed by atoms with Crippen LogP contribution in [0.1, 0.15) is 31.4 Å². The zero-order chi connectivity index (χ0) is 18.9. The molecule has 0 radical (unpaired) electrons. The first-order chi connectivity index (χ1) is 12.5. The van der Waals surface area contributed by atoms with Crippen molar-refractivity contribution in [3.05, 3.63) is 59.7 Å². The van der Waals surface area contributed by atoms with Gasteiger partial charge in [0.15, 0.2) is 11.5 Å². The Morgan fingerprint density at radius 2 is 1.85 bits per heavy atom. The zero-order valence-electron chi connectivity index (χ0n) is 15.7. The summed E-state index contributed by atoms with van der Waals surface area (Å²) in [5.74, 6) is 1.32. The van der Waals surface area contributed by atoms with Crippen molar-refractivity contribution in [3.8, 4) is 11.5 Å². The SMILES string of the molecule is CCC(C)C(N)C(=O)NCc1ccc(OCc2ccccc2)c(OC)c1. The normalized spacial score (nSPS) is 12.9. The number of hydrogen-bond donors (Lipinski definition) is 2. The van der Waals surface area contributed by atoms with Gasteiger partial charge in [0, 0.05) is 6.54 Å². The Morgan fingerprint density at radius 3 is 2.50 bits per heavy atom. The van der Waals surface area contributed by atoms with E-state index in [1.165, 1.54) is 0 Å². The monoisotopic (exact) mass is 356 g/mol. The molecular weight excluding hydrogens is 328 g/mol. The largest absolute Gasteiger partial charge is 0.493 e. The maximum Gasteiger partial charge on any atom is 0.237 e. The van der Waals surface area contributed by atoms with Crippen LogP contribution in [0.25, 0.3) is 0 Å². The number of methoxy groups -OCH3 is 1. The lowest BCUT2D eigenvalue weighted by Gasteiger charge is -2.18. The summed E-state index contributed by atoms with van der Waals surface area (Å²) in [6.45, 7) is 4.87. The molecule has 0 saturated carbocycles. The third kappa shape index (κ3) is 5.49. The molecule has 2 aromatic carbocycles. The van der Waals surface area contributed by atoms with Gasteiger partial charge in [-0.05, 0) is 29.2 Å². The molecule has 0 fully saturated rings. The van der Waals surface area contributed by atoms with Crippen LogP contribution in [0.5, 0.6) is 11.5 Å². The second-order valence-electron chi connectivity index (χ2n) is 6.39. The van der Waals surface area contributed by atoms with Crippen LogP contribution in [0, 0.1) is 5.92 Å². The van der Waals surface area contributed by atoms with E-state index in [0.717, 1.165) is 17.5 Å². The van der Waals surface area contributed by atoms with Crippen molar-refractivity contribution in [2.24, 2.45) is 11.7 Å². The van der Waals surface area contributed by atoms with Gasteiger partial charge in [-0.3, -0.25) is 4.79 Å². The second kappa shape index (κ2) is 9.82. The Kier molecular flexibility index (Phi) is 7.48. The molecule has 5 heteroatoms. The highest BCUT2D eigenvalue weighted by atomic mass is 16.5. The fourth-order valence-electron chi connectivity index (χ4n) is 2.50. The maximum atomic E-state index is 12.1. The Balaban J connectivity index is 1.96. The van der Waals surface area contributed by atoms with Crippen molar-refractivity contribution in [1.82, 2.24) is 5.32 Å². The summed E-state index contributed by atoms with van der Waals surface area (Å²) in [4.78, 5) is 12.1. The Morgan fingerprint density at radius 1 is 1.12 bits per heavy atom. The van der Waals surface area contributed by atoms with E-state index in [-0.39, 0.29) is 11.8 Å². The molecular formula is C21H28N2O3. The molecule has 2 atom stereocenters.